The number of benzene rings is 1. The molecule has 0 radical (unpaired) electrons. The van der Waals surface area contributed by atoms with Crippen LogP contribution in [0.15, 0.2) is 28.7 Å². The Bertz CT molecular complexity index is 561. The average Bonchev–Trinajstić information content (AvgIpc) is 2.94. The predicted octanol–water partition coefficient (Wildman–Crippen LogP) is 2.93. The number of aryl methyl sites for hydroxylation is 1. The molecule has 0 bridgehead atoms. The molecule has 1 aromatic heterocycles. The second-order valence-electron chi connectivity index (χ2n) is 5.54. The maximum Gasteiger partial charge on any atom is 0.134 e. The molecule has 2 heterocycles. The summed E-state index contributed by atoms with van der Waals surface area (Å²) in [4.78, 5) is 2.45. The van der Waals surface area contributed by atoms with Crippen molar-refractivity contribution >= 4 is 11.0 Å². The molecule has 0 amide bonds. The molecule has 3 nitrogen and oxygen atoms in total. The van der Waals surface area contributed by atoms with Crippen LogP contribution in [0, 0.1) is 6.92 Å². The van der Waals surface area contributed by atoms with Crippen molar-refractivity contribution in [2.75, 3.05) is 20.1 Å². The van der Waals surface area contributed by atoms with Gasteiger partial charge in [-0.2, -0.15) is 0 Å². The van der Waals surface area contributed by atoms with Crippen molar-refractivity contribution in [1.82, 2.24) is 10.2 Å². The minimum atomic E-state index is 0.693. The molecular weight excluding hydrogens is 236 g/mol. The van der Waals surface area contributed by atoms with E-state index in [0.717, 1.165) is 24.4 Å². The first-order valence-electron chi connectivity index (χ1n) is 7.13. The number of likely N-dealkylation sites (N-methyl/N-ethyl adjacent to an activating group) is 1. The SMILES string of the molecule is Cc1oc2ccccc2c1CNCC1CCCN1C. The third kappa shape index (κ3) is 2.53. The molecular formula is C16H22N2O. The van der Waals surface area contributed by atoms with Gasteiger partial charge in [0.15, 0.2) is 0 Å². The number of nitrogens with zero attached hydrogens (tertiary/aromatic N) is 1. The molecule has 1 unspecified atom stereocenters. The number of hydrogen-bond donors (Lipinski definition) is 1. The highest BCUT2D eigenvalue weighted by molar-refractivity contribution is 5.82. The van der Waals surface area contributed by atoms with E-state index in [0.29, 0.717) is 6.04 Å². The number of nitrogens with one attached hydrogen (secondary N) is 1. The van der Waals surface area contributed by atoms with Gasteiger partial charge in [0.2, 0.25) is 0 Å². The van der Waals surface area contributed by atoms with Crippen LogP contribution in [0.25, 0.3) is 11.0 Å². The highest BCUT2D eigenvalue weighted by Crippen LogP contribution is 2.25. The van der Waals surface area contributed by atoms with E-state index in [2.05, 4.69) is 36.3 Å². The Morgan fingerprint density at radius 2 is 2.21 bits per heavy atom. The predicted molar refractivity (Wildman–Crippen MR) is 78.3 cm³/mol. The van der Waals surface area contributed by atoms with Crippen molar-refractivity contribution in [1.29, 1.82) is 0 Å². The summed E-state index contributed by atoms with van der Waals surface area (Å²) < 4.78 is 5.79. The van der Waals surface area contributed by atoms with Gasteiger partial charge in [-0.1, -0.05) is 18.2 Å². The average molecular weight is 258 g/mol. The monoisotopic (exact) mass is 258 g/mol. The Labute approximate surface area is 114 Å². The standard InChI is InChI=1S/C16H22N2O/c1-12-15(14-7-3-4-8-16(14)19-12)11-17-10-13-6-5-9-18(13)2/h3-4,7-8,13,17H,5-6,9-11H2,1-2H3. The second kappa shape index (κ2) is 5.35. The first-order chi connectivity index (χ1) is 9.25. The molecule has 19 heavy (non-hydrogen) atoms. The summed E-state index contributed by atoms with van der Waals surface area (Å²) in [6.07, 6.45) is 2.64. The highest BCUT2D eigenvalue weighted by atomic mass is 16.3. The van der Waals surface area contributed by atoms with Crippen LogP contribution in [0.1, 0.15) is 24.2 Å². The molecule has 102 valence electrons. The molecule has 1 fully saturated rings. The van der Waals surface area contributed by atoms with Crippen LogP contribution >= 0.6 is 0 Å². The van der Waals surface area contributed by atoms with Gasteiger partial charge in [-0.15, -0.1) is 0 Å². The number of rotatable bonds is 4. The molecule has 0 spiro atoms. The van der Waals surface area contributed by atoms with Crippen molar-refractivity contribution in [2.24, 2.45) is 0 Å². The second-order valence-corrected chi connectivity index (χ2v) is 5.54. The smallest absolute Gasteiger partial charge is 0.134 e. The van der Waals surface area contributed by atoms with Crippen LogP contribution in [-0.4, -0.2) is 31.1 Å². The van der Waals surface area contributed by atoms with Gasteiger partial charge in [-0.25, -0.2) is 0 Å². The molecule has 0 saturated carbocycles. The Balaban J connectivity index is 1.66. The molecule has 0 aliphatic carbocycles. The molecule has 1 N–H and O–H groups in total. The molecule has 1 atom stereocenters. The Morgan fingerprint density at radius 1 is 1.37 bits per heavy atom. The van der Waals surface area contributed by atoms with Gasteiger partial charge >= 0.3 is 0 Å². The first-order valence-corrected chi connectivity index (χ1v) is 7.13. The van der Waals surface area contributed by atoms with Gasteiger partial charge in [0.05, 0.1) is 0 Å². The summed E-state index contributed by atoms with van der Waals surface area (Å²) in [7, 11) is 2.22. The van der Waals surface area contributed by atoms with E-state index in [1.165, 1.54) is 30.3 Å². The molecule has 1 aromatic carbocycles. The van der Waals surface area contributed by atoms with Crippen molar-refractivity contribution in [3.8, 4) is 0 Å². The third-order valence-electron chi connectivity index (χ3n) is 4.25. The van der Waals surface area contributed by atoms with Gasteiger partial charge in [0.25, 0.3) is 0 Å². The lowest BCUT2D eigenvalue weighted by molar-refractivity contribution is 0.300. The zero-order valence-electron chi connectivity index (χ0n) is 11.8. The van der Waals surface area contributed by atoms with Gasteiger partial charge in [0, 0.05) is 30.1 Å². The zero-order valence-corrected chi connectivity index (χ0v) is 11.8. The maximum absolute atomic E-state index is 5.79. The van der Waals surface area contributed by atoms with Crippen molar-refractivity contribution < 1.29 is 4.42 Å². The van der Waals surface area contributed by atoms with E-state index in [1.807, 2.05) is 12.1 Å². The van der Waals surface area contributed by atoms with Gasteiger partial charge < -0.3 is 14.6 Å². The molecule has 1 aliphatic heterocycles. The zero-order chi connectivity index (χ0) is 13.2. The lowest BCUT2D eigenvalue weighted by atomic mass is 10.1. The number of hydrogen-bond acceptors (Lipinski definition) is 3. The van der Waals surface area contributed by atoms with E-state index >= 15 is 0 Å². The summed E-state index contributed by atoms with van der Waals surface area (Å²) >= 11 is 0. The lowest BCUT2D eigenvalue weighted by Gasteiger charge is -2.19. The topological polar surface area (TPSA) is 28.4 Å². The van der Waals surface area contributed by atoms with Gasteiger partial charge in [-0.05, 0) is 39.4 Å². The molecule has 2 aromatic rings. The van der Waals surface area contributed by atoms with E-state index in [1.54, 1.807) is 0 Å². The van der Waals surface area contributed by atoms with E-state index < -0.39 is 0 Å². The number of furan rings is 1. The van der Waals surface area contributed by atoms with Gasteiger partial charge in [0.1, 0.15) is 11.3 Å². The van der Waals surface area contributed by atoms with Crippen LogP contribution in [-0.2, 0) is 6.54 Å². The molecule has 3 rings (SSSR count). The fraction of sp³-hybridized carbons (Fsp3) is 0.500. The fourth-order valence-electron chi connectivity index (χ4n) is 3.04. The number of fused-ring (bicyclic) bond motifs is 1. The van der Waals surface area contributed by atoms with E-state index in [4.69, 9.17) is 4.42 Å². The van der Waals surface area contributed by atoms with E-state index in [9.17, 15) is 0 Å². The third-order valence-corrected chi connectivity index (χ3v) is 4.25. The summed E-state index contributed by atoms with van der Waals surface area (Å²) in [6, 6.07) is 8.97. The van der Waals surface area contributed by atoms with Crippen LogP contribution in [0.2, 0.25) is 0 Å². The maximum atomic E-state index is 5.79. The number of likely N-dealkylation sites (tertiary alicyclic amines) is 1. The largest absolute Gasteiger partial charge is 0.461 e. The number of para-hydroxylation sites is 1. The van der Waals surface area contributed by atoms with Crippen LogP contribution in [0.3, 0.4) is 0 Å². The quantitative estimate of drug-likeness (QED) is 0.914. The first kappa shape index (κ1) is 12.7. The van der Waals surface area contributed by atoms with Crippen molar-refractivity contribution in [3.63, 3.8) is 0 Å². The minimum absolute atomic E-state index is 0.693. The summed E-state index contributed by atoms with van der Waals surface area (Å²) in [6.45, 7) is 5.25. The fourth-order valence-corrected chi connectivity index (χ4v) is 3.04. The lowest BCUT2D eigenvalue weighted by Crippen LogP contribution is -2.35. The minimum Gasteiger partial charge on any atom is -0.461 e. The summed E-state index contributed by atoms with van der Waals surface area (Å²) in [5, 5.41) is 4.83. The van der Waals surface area contributed by atoms with E-state index in [-0.39, 0.29) is 0 Å². The summed E-state index contributed by atoms with van der Waals surface area (Å²) in [5.74, 6) is 1.04. The van der Waals surface area contributed by atoms with Gasteiger partial charge in [-0.3, -0.25) is 0 Å². The summed E-state index contributed by atoms with van der Waals surface area (Å²) in [5.41, 5.74) is 2.30. The molecule has 3 heteroatoms. The Kier molecular flexibility index (Phi) is 3.58. The highest BCUT2D eigenvalue weighted by Gasteiger charge is 2.20. The van der Waals surface area contributed by atoms with Crippen LogP contribution < -0.4 is 5.32 Å². The molecule has 1 aliphatic rings. The van der Waals surface area contributed by atoms with Crippen LogP contribution in [0.5, 0.6) is 0 Å². The van der Waals surface area contributed by atoms with Crippen molar-refractivity contribution in [3.05, 3.63) is 35.6 Å². The molecule has 1 saturated heterocycles. The normalized spacial score (nSPS) is 20.4. The van der Waals surface area contributed by atoms with Crippen molar-refractivity contribution in [2.45, 2.75) is 32.4 Å². The Hall–Kier alpha value is -1.32. The van der Waals surface area contributed by atoms with Crippen LogP contribution in [0.4, 0.5) is 0 Å². The Morgan fingerprint density at radius 3 is 3.00 bits per heavy atom.